The monoisotopic (exact) mass is 567 g/mol. The molecule has 0 aromatic heterocycles. The van der Waals surface area contributed by atoms with Crippen molar-refractivity contribution in [2.75, 3.05) is 13.2 Å². The predicted molar refractivity (Wildman–Crippen MR) is 147 cm³/mol. The van der Waals surface area contributed by atoms with Crippen molar-refractivity contribution in [1.82, 2.24) is 0 Å². The molecule has 0 aliphatic carbocycles. The number of carbonyl (C=O) groups is 4. The Bertz CT molecular complexity index is 935. The molecule has 11 nitrogen and oxygen atoms in total. The minimum Gasteiger partial charge on any atom is -0.480 e. The minimum absolute atomic E-state index is 0.0892. The predicted octanol–water partition coefficient (Wildman–Crippen LogP) is 6.11. The van der Waals surface area contributed by atoms with Gasteiger partial charge in [-0.1, -0.05) is 58.9 Å². The zero-order valence-electron chi connectivity index (χ0n) is 24.1. The van der Waals surface area contributed by atoms with Crippen molar-refractivity contribution >= 4 is 24.2 Å². The SMILES string of the molecule is CCCCCOC(=O)Oc1ccc(C(CC(C)OC(=O)CCCC)[C@H](N)C(=O)O)cc1OC(=O)OCCCCC. The average Bonchev–Trinajstić information content (AvgIpc) is 2.91. The number of benzene rings is 1. The number of nitrogens with two attached hydrogens (primary N) is 1. The summed E-state index contributed by atoms with van der Waals surface area (Å²) in [6.07, 6.45) is 4.23. The molecule has 226 valence electrons. The molecule has 3 atom stereocenters. The van der Waals surface area contributed by atoms with Crippen molar-refractivity contribution in [3.63, 3.8) is 0 Å². The van der Waals surface area contributed by atoms with E-state index in [2.05, 4.69) is 0 Å². The standard InChI is InChI=1S/C29H45NO10/c1-5-8-11-16-36-28(34)39-23-15-14-21(19-24(23)40-29(35)37-17-12-9-6-2)22(26(30)27(32)33)18-20(4)38-25(31)13-10-7-3/h14-15,19-20,22,26H,5-13,16-18,30H2,1-4H3,(H,32,33)/t20?,22?,26-/m0/s1. The van der Waals surface area contributed by atoms with Crippen LogP contribution in [0.5, 0.6) is 11.5 Å². The number of carboxylic acids is 1. The summed E-state index contributed by atoms with van der Waals surface area (Å²) in [6, 6.07) is 2.88. The lowest BCUT2D eigenvalue weighted by Gasteiger charge is -2.25. The lowest BCUT2D eigenvalue weighted by atomic mass is 9.87. The van der Waals surface area contributed by atoms with Gasteiger partial charge in [-0.05, 0) is 50.3 Å². The molecule has 2 unspecified atom stereocenters. The maximum absolute atomic E-state index is 12.4. The van der Waals surface area contributed by atoms with Gasteiger partial charge in [0, 0.05) is 12.3 Å². The van der Waals surface area contributed by atoms with E-state index in [0.29, 0.717) is 24.8 Å². The molecule has 11 heteroatoms. The van der Waals surface area contributed by atoms with Crippen LogP contribution in [0.25, 0.3) is 0 Å². The van der Waals surface area contributed by atoms with Gasteiger partial charge in [0.1, 0.15) is 6.04 Å². The third-order valence-electron chi connectivity index (χ3n) is 6.09. The maximum atomic E-state index is 12.4. The summed E-state index contributed by atoms with van der Waals surface area (Å²) in [7, 11) is 0. The van der Waals surface area contributed by atoms with Gasteiger partial charge in [-0.15, -0.1) is 0 Å². The van der Waals surface area contributed by atoms with Gasteiger partial charge in [0.25, 0.3) is 0 Å². The molecule has 0 radical (unpaired) electrons. The second-order valence-corrected chi connectivity index (χ2v) is 9.63. The zero-order valence-corrected chi connectivity index (χ0v) is 24.1. The van der Waals surface area contributed by atoms with Crippen LogP contribution in [-0.4, -0.2) is 54.7 Å². The number of carbonyl (C=O) groups excluding carboxylic acids is 3. The van der Waals surface area contributed by atoms with Crippen LogP contribution in [0.2, 0.25) is 0 Å². The fraction of sp³-hybridized carbons (Fsp3) is 0.655. The van der Waals surface area contributed by atoms with Crippen molar-refractivity contribution in [3.8, 4) is 11.5 Å². The zero-order chi connectivity index (χ0) is 29.9. The summed E-state index contributed by atoms with van der Waals surface area (Å²) in [6.45, 7) is 7.97. The van der Waals surface area contributed by atoms with E-state index >= 15 is 0 Å². The molecular weight excluding hydrogens is 522 g/mol. The first-order chi connectivity index (χ1) is 19.1. The van der Waals surface area contributed by atoms with E-state index in [1.165, 1.54) is 18.2 Å². The van der Waals surface area contributed by atoms with E-state index in [4.69, 9.17) is 29.4 Å². The Hall–Kier alpha value is -3.34. The van der Waals surface area contributed by atoms with Crippen LogP contribution in [0.15, 0.2) is 18.2 Å². The van der Waals surface area contributed by atoms with E-state index in [-0.39, 0.29) is 43.5 Å². The Kier molecular flexibility index (Phi) is 17.1. The number of ether oxygens (including phenoxy) is 5. The van der Waals surface area contributed by atoms with E-state index < -0.39 is 36.3 Å². The normalized spacial score (nSPS) is 13.0. The van der Waals surface area contributed by atoms with Crippen LogP contribution in [0, 0.1) is 0 Å². The molecule has 0 saturated carbocycles. The quantitative estimate of drug-likeness (QED) is 0.0859. The second kappa shape index (κ2) is 19.7. The fourth-order valence-electron chi connectivity index (χ4n) is 3.85. The molecule has 0 aliphatic rings. The summed E-state index contributed by atoms with van der Waals surface area (Å²) >= 11 is 0. The Morgan fingerprint density at radius 1 is 0.825 bits per heavy atom. The molecule has 0 fully saturated rings. The van der Waals surface area contributed by atoms with Crippen LogP contribution in [0.1, 0.15) is 103 Å². The number of aliphatic carboxylic acids is 1. The number of carboxylic acid groups (broad SMARTS) is 1. The van der Waals surface area contributed by atoms with Crippen molar-refractivity contribution in [3.05, 3.63) is 23.8 Å². The van der Waals surface area contributed by atoms with E-state index in [1.54, 1.807) is 6.92 Å². The number of hydrogen-bond acceptors (Lipinski definition) is 10. The second-order valence-electron chi connectivity index (χ2n) is 9.63. The molecule has 3 N–H and O–H groups in total. The van der Waals surface area contributed by atoms with Gasteiger partial charge in [0.15, 0.2) is 11.5 Å². The van der Waals surface area contributed by atoms with Gasteiger partial charge in [0.2, 0.25) is 0 Å². The summed E-state index contributed by atoms with van der Waals surface area (Å²) < 4.78 is 26.3. The first-order valence-electron chi connectivity index (χ1n) is 14.1. The minimum atomic E-state index is -1.36. The van der Waals surface area contributed by atoms with Crippen molar-refractivity contribution in [2.45, 2.75) is 110 Å². The number of rotatable bonds is 19. The molecule has 1 aromatic carbocycles. The average molecular weight is 568 g/mol. The molecular formula is C29H45NO10. The maximum Gasteiger partial charge on any atom is 0.513 e. The van der Waals surface area contributed by atoms with Crippen LogP contribution >= 0.6 is 0 Å². The van der Waals surface area contributed by atoms with E-state index in [9.17, 15) is 24.3 Å². The molecule has 0 saturated heterocycles. The van der Waals surface area contributed by atoms with Gasteiger partial charge in [-0.3, -0.25) is 9.59 Å². The van der Waals surface area contributed by atoms with Gasteiger partial charge >= 0.3 is 24.2 Å². The highest BCUT2D eigenvalue weighted by atomic mass is 16.7. The van der Waals surface area contributed by atoms with E-state index in [1.807, 2.05) is 20.8 Å². The first-order valence-corrected chi connectivity index (χ1v) is 14.1. The Morgan fingerprint density at radius 3 is 1.90 bits per heavy atom. The van der Waals surface area contributed by atoms with Gasteiger partial charge in [0.05, 0.1) is 19.3 Å². The van der Waals surface area contributed by atoms with E-state index in [0.717, 1.165) is 32.1 Å². The highest BCUT2D eigenvalue weighted by molar-refractivity contribution is 5.75. The van der Waals surface area contributed by atoms with Crippen molar-refractivity contribution in [2.24, 2.45) is 5.73 Å². The van der Waals surface area contributed by atoms with Gasteiger partial charge in [-0.2, -0.15) is 0 Å². The molecule has 1 aromatic rings. The third kappa shape index (κ3) is 13.6. The van der Waals surface area contributed by atoms with Gasteiger partial charge < -0.3 is 34.5 Å². The molecule has 0 spiro atoms. The lowest BCUT2D eigenvalue weighted by Crippen LogP contribution is -2.38. The van der Waals surface area contributed by atoms with Crippen LogP contribution in [-0.2, 0) is 23.8 Å². The van der Waals surface area contributed by atoms with Crippen LogP contribution < -0.4 is 15.2 Å². The largest absolute Gasteiger partial charge is 0.513 e. The molecule has 0 bridgehead atoms. The summed E-state index contributed by atoms with van der Waals surface area (Å²) in [4.78, 5) is 48.5. The smallest absolute Gasteiger partial charge is 0.480 e. The Balaban J connectivity index is 3.20. The first kappa shape index (κ1) is 34.7. The fourth-order valence-corrected chi connectivity index (χ4v) is 3.85. The Labute approximate surface area is 236 Å². The van der Waals surface area contributed by atoms with Crippen LogP contribution in [0.3, 0.4) is 0 Å². The lowest BCUT2D eigenvalue weighted by molar-refractivity contribution is -0.149. The van der Waals surface area contributed by atoms with Crippen LogP contribution in [0.4, 0.5) is 9.59 Å². The Morgan fingerprint density at radius 2 is 1.38 bits per heavy atom. The number of hydrogen-bond donors (Lipinski definition) is 2. The van der Waals surface area contributed by atoms with Gasteiger partial charge in [-0.25, -0.2) is 9.59 Å². The number of esters is 1. The number of unbranched alkanes of at least 4 members (excludes halogenated alkanes) is 5. The van der Waals surface area contributed by atoms with Crippen molar-refractivity contribution in [1.29, 1.82) is 0 Å². The molecule has 0 aliphatic heterocycles. The summed E-state index contributed by atoms with van der Waals surface area (Å²) in [5.41, 5.74) is 6.40. The molecule has 0 amide bonds. The topological polar surface area (TPSA) is 161 Å². The summed E-state index contributed by atoms with van der Waals surface area (Å²) in [5, 5.41) is 9.65. The summed E-state index contributed by atoms with van der Waals surface area (Å²) in [5.74, 6) is -2.75. The highest BCUT2D eigenvalue weighted by Crippen LogP contribution is 2.35. The highest BCUT2D eigenvalue weighted by Gasteiger charge is 2.30. The van der Waals surface area contributed by atoms with Crippen molar-refractivity contribution < 1.29 is 48.0 Å². The molecule has 40 heavy (non-hydrogen) atoms. The third-order valence-corrected chi connectivity index (χ3v) is 6.09. The molecule has 0 heterocycles. The molecule has 1 rings (SSSR count).